The Morgan fingerprint density at radius 2 is 1.74 bits per heavy atom. The van der Waals surface area contributed by atoms with Crippen LogP contribution < -0.4 is 0 Å². The van der Waals surface area contributed by atoms with E-state index in [1.165, 1.54) is 23.6 Å². The number of hydrazone groups is 1. The molecule has 0 spiro atoms. The second kappa shape index (κ2) is 11.1. The fourth-order valence-corrected chi connectivity index (χ4v) is 4.55. The van der Waals surface area contributed by atoms with Crippen LogP contribution in [0.3, 0.4) is 0 Å². The number of morpholine rings is 1. The van der Waals surface area contributed by atoms with E-state index < -0.39 is 0 Å². The van der Waals surface area contributed by atoms with Crippen molar-refractivity contribution in [1.82, 2.24) is 14.8 Å². The highest BCUT2D eigenvalue weighted by atomic mass is 16.5. The first-order valence-corrected chi connectivity index (χ1v) is 12.4. The molecule has 2 aliphatic rings. The Balaban J connectivity index is 1.54. The Morgan fingerprint density at radius 3 is 2.40 bits per heavy atom. The SMILES string of the molecule is CC(=O)N(CCN1CCOCC1)CC(=O)N1N=C(c2ccc(C)c(C)c2)C[C@@H]1c1ccc(C)cc1. The predicted octanol–water partition coefficient (Wildman–Crippen LogP) is 3.47. The van der Waals surface area contributed by atoms with Crippen molar-refractivity contribution in [2.24, 2.45) is 5.10 Å². The van der Waals surface area contributed by atoms with Crippen LogP contribution >= 0.6 is 0 Å². The Kier molecular flexibility index (Phi) is 7.98. The number of amides is 2. The summed E-state index contributed by atoms with van der Waals surface area (Å²) in [6, 6.07) is 14.4. The van der Waals surface area contributed by atoms with Crippen LogP contribution in [0.15, 0.2) is 47.6 Å². The first-order valence-electron chi connectivity index (χ1n) is 12.4. The number of rotatable bonds is 7. The van der Waals surface area contributed by atoms with Crippen LogP contribution in [0.25, 0.3) is 0 Å². The van der Waals surface area contributed by atoms with Gasteiger partial charge >= 0.3 is 0 Å². The average Bonchev–Trinajstić information content (AvgIpc) is 3.30. The minimum atomic E-state index is -0.187. The zero-order valence-electron chi connectivity index (χ0n) is 21.3. The molecule has 2 amide bonds. The van der Waals surface area contributed by atoms with Gasteiger partial charge in [0.2, 0.25) is 5.91 Å². The number of hydrogen-bond acceptors (Lipinski definition) is 5. The lowest BCUT2D eigenvalue weighted by Gasteiger charge is -2.30. The first kappa shape index (κ1) is 25.1. The van der Waals surface area contributed by atoms with Crippen molar-refractivity contribution in [2.45, 2.75) is 40.2 Å². The molecule has 0 aromatic heterocycles. The smallest absolute Gasteiger partial charge is 0.262 e. The number of ether oxygens (including phenoxy) is 1. The van der Waals surface area contributed by atoms with E-state index in [1.807, 2.05) is 0 Å². The molecule has 2 aromatic carbocycles. The van der Waals surface area contributed by atoms with Gasteiger partial charge in [-0.1, -0.05) is 42.0 Å². The van der Waals surface area contributed by atoms with Gasteiger partial charge in [-0.3, -0.25) is 14.5 Å². The van der Waals surface area contributed by atoms with Gasteiger partial charge in [0.25, 0.3) is 5.91 Å². The third-order valence-electron chi connectivity index (χ3n) is 7.03. The number of nitrogens with zero attached hydrogens (tertiary/aromatic N) is 4. The van der Waals surface area contributed by atoms with E-state index in [0.717, 1.165) is 36.5 Å². The molecule has 1 fully saturated rings. The maximum atomic E-state index is 13.6. The van der Waals surface area contributed by atoms with Crippen LogP contribution in [0.1, 0.15) is 47.2 Å². The lowest BCUT2D eigenvalue weighted by molar-refractivity contribution is -0.140. The number of carbonyl (C=O) groups is 2. The summed E-state index contributed by atoms with van der Waals surface area (Å²) in [5, 5.41) is 6.40. The molecule has 0 aliphatic carbocycles. The van der Waals surface area contributed by atoms with Crippen LogP contribution in [0.2, 0.25) is 0 Å². The van der Waals surface area contributed by atoms with Gasteiger partial charge in [0, 0.05) is 39.5 Å². The highest BCUT2D eigenvalue weighted by Gasteiger charge is 2.34. The van der Waals surface area contributed by atoms with Crippen LogP contribution in [-0.2, 0) is 14.3 Å². The third-order valence-corrected chi connectivity index (χ3v) is 7.03. The van der Waals surface area contributed by atoms with Crippen molar-refractivity contribution in [2.75, 3.05) is 45.9 Å². The van der Waals surface area contributed by atoms with Crippen LogP contribution in [-0.4, -0.2) is 78.3 Å². The summed E-state index contributed by atoms with van der Waals surface area (Å²) in [7, 11) is 0. The summed E-state index contributed by atoms with van der Waals surface area (Å²) in [6.45, 7) is 12.1. The minimum absolute atomic E-state index is 0.0196. The summed E-state index contributed by atoms with van der Waals surface area (Å²) >= 11 is 0. The zero-order chi connectivity index (χ0) is 24.9. The molecule has 1 saturated heterocycles. The molecular weight excluding hydrogens is 440 g/mol. The third kappa shape index (κ3) is 6.16. The molecule has 0 unspecified atom stereocenters. The van der Waals surface area contributed by atoms with Crippen molar-refractivity contribution in [3.63, 3.8) is 0 Å². The molecule has 4 rings (SSSR count). The van der Waals surface area contributed by atoms with Crippen molar-refractivity contribution in [1.29, 1.82) is 0 Å². The van der Waals surface area contributed by atoms with Gasteiger partial charge in [-0.25, -0.2) is 5.01 Å². The van der Waals surface area contributed by atoms with E-state index in [4.69, 9.17) is 9.84 Å². The quantitative estimate of drug-likeness (QED) is 0.614. The van der Waals surface area contributed by atoms with Gasteiger partial charge in [-0.05, 0) is 49.1 Å². The second-order valence-electron chi connectivity index (χ2n) is 9.61. The molecule has 0 saturated carbocycles. The molecule has 7 nitrogen and oxygen atoms in total. The monoisotopic (exact) mass is 476 g/mol. The number of aryl methyl sites for hydroxylation is 3. The molecule has 0 N–H and O–H groups in total. The highest BCUT2D eigenvalue weighted by molar-refractivity contribution is 6.03. The molecule has 2 heterocycles. The van der Waals surface area contributed by atoms with E-state index in [1.54, 1.807) is 9.91 Å². The van der Waals surface area contributed by atoms with Crippen molar-refractivity contribution in [3.8, 4) is 0 Å². The van der Waals surface area contributed by atoms with Crippen LogP contribution in [0.5, 0.6) is 0 Å². The molecule has 7 heteroatoms. The van der Waals surface area contributed by atoms with Gasteiger partial charge in [0.15, 0.2) is 0 Å². The van der Waals surface area contributed by atoms with Gasteiger partial charge in [0.05, 0.1) is 25.0 Å². The minimum Gasteiger partial charge on any atom is -0.379 e. The molecule has 2 aromatic rings. The second-order valence-corrected chi connectivity index (χ2v) is 9.61. The molecule has 186 valence electrons. The number of carbonyl (C=O) groups excluding carboxylic acids is 2. The first-order chi connectivity index (χ1) is 16.8. The summed E-state index contributed by atoms with van der Waals surface area (Å²) in [6.07, 6.45) is 0.644. The highest BCUT2D eigenvalue weighted by Crippen LogP contribution is 2.33. The summed E-state index contributed by atoms with van der Waals surface area (Å²) in [5.41, 5.74) is 6.59. The van der Waals surface area contributed by atoms with Crippen molar-refractivity contribution >= 4 is 17.5 Å². The fourth-order valence-electron chi connectivity index (χ4n) is 4.55. The standard InChI is InChI=1S/C28H36N4O3/c1-20-5-8-24(9-6-20)27-18-26(25-10-7-21(2)22(3)17-25)29-32(27)28(34)19-31(23(4)33)12-11-30-13-15-35-16-14-30/h5-10,17,27H,11-16,18-19H2,1-4H3/t27-/m1/s1. The fraction of sp³-hybridized carbons (Fsp3) is 0.464. The van der Waals surface area contributed by atoms with Gasteiger partial charge in [-0.15, -0.1) is 0 Å². The van der Waals surface area contributed by atoms with Gasteiger partial charge in [0.1, 0.15) is 6.54 Å². The van der Waals surface area contributed by atoms with Gasteiger partial charge < -0.3 is 9.64 Å². The Morgan fingerprint density at radius 1 is 1.03 bits per heavy atom. The normalized spacial score (nSPS) is 18.5. The maximum absolute atomic E-state index is 13.6. The van der Waals surface area contributed by atoms with Crippen LogP contribution in [0.4, 0.5) is 0 Å². The summed E-state index contributed by atoms with van der Waals surface area (Å²) in [4.78, 5) is 29.8. The molecule has 0 bridgehead atoms. The lowest BCUT2D eigenvalue weighted by Crippen LogP contribution is -2.45. The molecule has 1 atom stereocenters. The van der Waals surface area contributed by atoms with E-state index in [2.05, 4.69) is 68.1 Å². The molecule has 2 aliphatic heterocycles. The maximum Gasteiger partial charge on any atom is 0.262 e. The largest absolute Gasteiger partial charge is 0.379 e. The molecule has 0 radical (unpaired) electrons. The van der Waals surface area contributed by atoms with E-state index in [9.17, 15) is 9.59 Å². The van der Waals surface area contributed by atoms with Crippen molar-refractivity contribution in [3.05, 3.63) is 70.3 Å². The molecule has 35 heavy (non-hydrogen) atoms. The Hall–Kier alpha value is -3.03. The average molecular weight is 477 g/mol. The topological polar surface area (TPSA) is 65.5 Å². The lowest BCUT2D eigenvalue weighted by atomic mass is 9.96. The van der Waals surface area contributed by atoms with Gasteiger partial charge in [-0.2, -0.15) is 5.10 Å². The molecular formula is C28H36N4O3. The van der Waals surface area contributed by atoms with E-state index in [0.29, 0.717) is 26.2 Å². The Bertz CT molecular complexity index is 1090. The number of benzene rings is 2. The van der Waals surface area contributed by atoms with E-state index >= 15 is 0 Å². The van der Waals surface area contributed by atoms with Crippen LogP contribution in [0, 0.1) is 20.8 Å². The predicted molar refractivity (Wildman–Crippen MR) is 137 cm³/mol. The summed E-state index contributed by atoms with van der Waals surface area (Å²) in [5.74, 6) is -0.261. The van der Waals surface area contributed by atoms with E-state index in [-0.39, 0.29) is 24.4 Å². The summed E-state index contributed by atoms with van der Waals surface area (Å²) < 4.78 is 5.41. The Labute approximate surface area is 208 Å². The van der Waals surface area contributed by atoms with Crippen molar-refractivity contribution < 1.29 is 14.3 Å². The number of hydrogen-bond donors (Lipinski definition) is 0. The zero-order valence-corrected chi connectivity index (χ0v) is 21.3.